The molecule has 0 heterocycles. The number of benzene rings is 1. The molecule has 0 aromatic heterocycles. The predicted molar refractivity (Wildman–Crippen MR) is 57.4 cm³/mol. The summed E-state index contributed by atoms with van der Waals surface area (Å²) in [5.41, 5.74) is 2.34. The fourth-order valence-electron chi connectivity index (χ4n) is 1.52. The van der Waals surface area contributed by atoms with Crippen LogP contribution in [0.4, 0.5) is 5.69 Å². The number of rotatable bonds is 2. The van der Waals surface area contributed by atoms with Crippen molar-refractivity contribution in [3.63, 3.8) is 0 Å². The first kappa shape index (κ1) is 8.89. The number of halogens is 1. The third kappa shape index (κ3) is 1.80. The fourth-order valence-corrected chi connectivity index (χ4v) is 1.80. The van der Waals surface area contributed by atoms with Gasteiger partial charge in [-0.3, -0.25) is 0 Å². The van der Waals surface area contributed by atoms with Crippen molar-refractivity contribution in [2.45, 2.75) is 26.3 Å². The number of hydrogen-bond donors (Lipinski definition) is 1. The van der Waals surface area contributed by atoms with E-state index in [0.29, 0.717) is 6.04 Å². The highest BCUT2D eigenvalue weighted by Crippen LogP contribution is 2.36. The molecule has 1 aliphatic rings. The minimum absolute atomic E-state index is 0.638. The molecule has 70 valence electrons. The molecule has 0 radical (unpaired) electrons. The van der Waals surface area contributed by atoms with Crippen molar-refractivity contribution in [2.75, 3.05) is 5.32 Å². The number of para-hydroxylation sites is 1. The summed E-state index contributed by atoms with van der Waals surface area (Å²) in [4.78, 5) is 0. The van der Waals surface area contributed by atoms with Gasteiger partial charge in [0.1, 0.15) is 0 Å². The fraction of sp³-hybridized carbons (Fsp3) is 0.455. The van der Waals surface area contributed by atoms with Crippen LogP contribution < -0.4 is 5.32 Å². The molecule has 1 aromatic carbocycles. The van der Waals surface area contributed by atoms with Crippen LogP contribution in [0.25, 0.3) is 0 Å². The monoisotopic (exact) mass is 195 g/mol. The summed E-state index contributed by atoms with van der Waals surface area (Å²) in [7, 11) is 0. The van der Waals surface area contributed by atoms with Crippen molar-refractivity contribution < 1.29 is 0 Å². The molecule has 2 rings (SSSR count). The van der Waals surface area contributed by atoms with Crippen molar-refractivity contribution in [3.8, 4) is 0 Å². The summed E-state index contributed by atoms with van der Waals surface area (Å²) >= 11 is 6.09. The summed E-state index contributed by atoms with van der Waals surface area (Å²) in [5.74, 6) is 0.802. The quantitative estimate of drug-likeness (QED) is 0.762. The van der Waals surface area contributed by atoms with Crippen LogP contribution in [0, 0.1) is 12.8 Å². The Morgan fingerprint density at radius 2 is 2.15 bits per heavy atom. The number of aryl methyl sites for hydroxylation is 1. The zero-order valence-electron chi connectivity index (χ0n) is 7.97. The molecule has 1 nitrogen and oxygen atoms in total. The highest BCUT2D eigenvalue weighted by molar-refractivity contribution is 6.33. The van der Waals surface area contributed by atoms with Gasteiger partial charge in [0.25, 0.3) is 0 Å². The second kappa shape index (κ2) is 3.22. The van der Waals surface area contributed by atoms with Gasteiger partial charge in [0.05, 0.1) is 10.7 Å². The van der Waals surface area contributed by atoms with Gasteiger partial charge in [-0.25, -0.2) is 0 Å². The van der Waals surface area contributed by atoms with Crippen molar-refractivity contribution >= 4 is 17.3 Å². The molecule has 1 aromatic rings. The van der Waals surface area contributed by atoms with E-state index in [-0.39, 0.29) is 0 Å². The van der Waals surface area contributed by atoms with E-state index in [4.69, 9.17) is 11.6 Å². The van der Waals surface area contributed by atoms with E-state index in [0.717, 1.165) is 16.6 Å². The lowest BCUT2D eigenvalue weighted by molar-refractivity contribution is 0.928. The van der Waals surface area contributed by atoms with Gasteiger partial charge >= 0.3 is 0 Å². The minimum atomic E-state index is 0.638. The van der Waals surface area contributed by atoms with E-state index >= 15 is 0 Å². The lowest BCUT2D eigenvalue weighted by atomic mass is 10.2. The standard InChI is InChI=1S/C11H14ClN/c1-7-4-3-5-9(12)11(7)13-10-6-8(10)2/h3-5,8,10,13H,6H2,1-2H3/t8-,10?/m1/s1. The van der Waals surface area contributed by atoms with E-state index in [1.54, 1.807) is 0 Å². The lowest BCUT2D eigenvalue weighted by Crippen LogP contribution is -2.05. The van der Waals surface area contributed by atoms with Gasteiger partial charge in [-0.2, -0.15) is 0 Å². The molecule has 1 aliphatic carbocycles. The molecule has 2 heteroatoms. The second-order valence-corrected chi connectivity index (χ2v) is 4.30. The Bertz CT molecular complexity index is 302. The van der Waals surface area contributed by atoms with Crippen LogP contribution >= 0.6 is 11.6 Å². The highest BCUT2D eigenvalue weighted by atomic mass is 35.5. The Balaban J connectivity index is 2.18. The van der Waals surface area contributed by atoms with Crippen LogP contribution in [0.1, 0.15) is 18.9 Å². The van der Waals surface area contributed by atoms with Gasteiger partial charge < -0.3 is 5.32 Å². The Labute approximate surface area is 84.1 Å². The second-order valence-electron chi connectivity index (χ2n) is 3.90. The molecule has 1 unspecified atom stereocenters. The molecule has 0 aliphatic heterocycles. The topological polar surface area (TPSA) is 12.0 Å². The molecule has 0 saturated heterocycles. The normalized spacial score (nSPS) is 25.8. The van der Waals surface area contributed by atoms with Crippen LogP contribution in [0.5, 0.6) is 0 Å². The summed E-state index contributed by atoms with van der Waals surface area (Å²) in [6.45, 7) is 4.34. The molecular weight excluding hydrogens is 182 g/mol. The Kier molecular flexibility index (Phi) is 2.20. The Morgan fingerprint density at radius 3 is 2.69 bits per heavy atom. The van der Waals surface area contributed by atoms with Crippen LogP contribution in [0.15, 0.2) is 18.2 Å². The van der Waals surface area contributed by atoms with Gasteiger partial charge in [0, 0.05) is 6.04 Å². The minimum Gasteiger partial charge on any atom is -0.381 e. The third-order valence-corrected chi connectivity index (χ3v) is 2.98. The summed E-state index contributed by atoms with van der Waals surface area (Å²) in [6.07, 6.45) is 1.27. The summed E-state index contributed by atoms with van der Waals surface area (Å²) in [6, 6.07) is 6.64. The highest BCUT2D eigenvalue weighted by Gasteiger charge is 2.32. The largest absolute Gasteiger partial charge is 0.381 e. The average molecular weight is 196 g/mol. The van der Waals surface area contributed by atoms with Crippen molar-refractivity contribution in [2.24, 2.45) is 5.92 Å². The Morgan fingerprint density at radius 1 is 1.46 bits per heavy atom. The van der Waals surface area contributed by atoms with Crippen LogP contribution in [-0.2, 0) is 0 Å². The lowest BCUT2D eigenvalue weighted by Gasteiger charge is -2.10. The molecular formula is C11H14ClN. The summed E-state index contributed by atoms with van der Waals surface area (Å²) < 4.78 is 0. The van der Waals surface area contributed by atoms with Gasteiger partial charge in [-0.05, 0) is 30.9 Å². The Hall–Kier alpha value is -0.690. The van der Waals surface area contributed by atoms with E-state index in [1.807, 2.05) is 12.1 Å². The smallest absolute Gasteiger partial charge is 0.0640 e. The maximum Gasteiger partial charge on any atom is 0.0640 e. The molecule has 0 amide bonds. The predicted octanol–water partition coefficient (Wildman–Crippen LogP) is 3.47. The number of nitrogens with one attached hydrogen (secondary N) is 1. The van der Waals surface area contributed by atoms with E-state index in [1.165, 1.54) is 12.0 Å². The maximum absolute atomic E-state index is 6.09. The maximum atomic E-state index is 6.09. The third-order valence-electron chi connectivity index (χ3n) is 2.66. The van der Waals surface area contributed by atoms with E-state index in [2.05, 4.69) is 25.2 Å². The van der Waals surface area contributed by atoms with E-state index < -0.39 is 0 Å². The van der Waals surface area contributed by atoms with Crippen molar-refractivity contribution in [1.82, 2.24) is 0 Å². The van der Waals surface area contributed by atoms with Gasteiger partial charge in [0.15, 0.2) is 0 Å². The van der Waals surface area contributed by atoms with E-state index in [9.17, 15) is 0 Å². The van der Waals surface area contributed by atoms with Crippen LogP contribution in [-0.4, -0.2) is 6.04 Å². The van der Waals surface area contributed by atoms with Crippen molar-refractivity contribution in [3.05, 3.63) is 28.8 Å². The van der Waals surface area contributed by atoms with Crippen molar-refractivity contribution in [1.29, 1.82) is 0 Å². The van der Waals surface area contributed by atoms with Gasteiger partial charge in [0.2, 0.25) is 0 Å². The van der Waals surface area contributed by atoms with Gasteiger partial charge in [-0.15, -0.1) is 0 Å². The molecule has 0 spiro atoms. The molecule has 1 fully saturated rings. The zero-order valence-corrected chi connectivity index (χ0v) is 8.73. The first-order valence-electron chi connectivity index (χ1n) is 4.70. The SMILES string of the molecule is Cc1cccc(Cl)c1NC1C[C@H]1C. The molecule has 1 N–H and O–H groups in total. The first-order chi connectivity index (χ1) is 6.18. The number of hydrogen-bond acceptors (Lipinski definition) is 1. The van der Waals surface area contributed by atoms with Crippen LogP contribution in [0.2, 0.25) is 5.02 Å². The first-order valence-corrected chi connectivity index (χ1v) is 5.08. The average Bonchev–Trinajstić information content (AvgIpc) is 2.75. The molecule has 1 saturated carbocycles. The van der Waals surface area contributed by atoms with Crippen LogP contribution in [0.3, 0.4) is 0 Å². The number of anilines is 1. The molecule has 2 atom stereocenters. The summed E-state index contributed by atoms with van der Waals surface area (Å²) in [5, 5.41) is 4.30. The van der Waals surface area contributed by atoms with Gasteiger partial charge in [-0.1, -0.05) is 30.7 Å². The molecule has 0 bridgehead atoms. The molecule has 13 heavy (non-hydrogen) atoms. The zero-order chi connectivity index (χ0) is 9.42.